The third kappa shape index (κ3) is 1.72. The third-order valence-electron chi connectivity index (χ3n) is 1.83. The average molecular weight is 209 g/mol. The van der Waals surface area contributed by atoms with Crippen LogP contribution in [0.25, 0.3) is 0 Å². The first-order valence-corrected chi connectivity index (χ1v) is 4.55. The van der Waals surface area contributed by atoms with Gasteiger partial charge in [-0.2, -0.15) is 5.10 Å². The van der Waals surface area contributed by atoms with E-state index in [0.29, 0.717) is 16.7 Å². The molecule has 0 N–H and O–H groups in total. The summed E-state index contributed by atoms with van der Waals surface area (Å²) >= 11 is 5.94. The molecule has 0 radical (unpaired) electrons. The lowest BCUT2D eigenvalue weighted by molar-refractivity contribution is 0.431. The molecule has 2 rings (SSSR count). The van der Waals surface area contributed by atoms with Crippen molar-refractivity contribution in [3.05, 3.63) is 41.6 Å². The average Bonchev–Trinajstić information content (AvgIpc) is 2.56. The van der Waals surface area contributed by atoms with E-state index in [2.05, 4.69) is 5.10 Å². The van der Waals surface area contributed by atoms with Gasteiger partial charge >= 0.3 is 0 Å². The number of aromatic nitrogens is 2. The highest BCUT2D eigenvalue weighted by Crippen LogP contribution is 2.27. The first kappa shape index (κ1) is 9.09. The summed E-state index contributed by atoms with van der Waals surface area (Å²) in [4.78, 5) is 0. The van der Waals surface area contributed by atoms with E-state index in [1.807, 2.05) is 25.2 Å². The summed E-state index contributed by atoms with van der Waals surface area (Å²) < 4.78 is 7.19. The smallest absolute Gasteiger partial charge is 0.217 e. The van der Waals surface area contributed by atoms with E-state index < -0.39 is 0 Å². The van der Waals surface area contributed by atoms with Crippen LogP contribution in [0, 0.1) is 0 Å². The molecule has 14 heavy (non-hydrogen) atoms. The van der Waals surface area contributed by atoms with Gasteiger partial charge in [-0.1, -0.05) is 23.7 Å². The Morgan fingerprint density at radius 1 is 1.29 bits per heavy atom. The molecule has 1 heterocycles. The van der Waals surface area contributed by atoms with Crippen LogP contribution in [0.2, 0.25) is 5.02 Å². The van der Waals surface area contributed by atoms with E-state index in [-0.39, 0.29) is 0 Å². The van der Waals surface area contributed by atoms with Gasteiger partial charge in [-0.05, 0) is 12.1 Å². The summed E-state index contributed by atoms with van der Waals surface area (Å²) in [6.07, 6.45) is 1.67. The van der Waals surface area contributed by atoms with Gasteiger partial charge in [0.15, 0.2) is 0 Å². The molecule has 0 fully saturated rings. The summed E-state index contributed by atoms with van der Waals surface area (Å²) in [6.45, 7) is 0. The van der Waals surface area contributed by atoms with Crippen molar-refractivity contribution in [3.8, 4) is 11.6 Å². The van der Waals surface area contributed by atoms with Crippen LogP contribution < -0.4 is 4.74 Å². The Kier molecular flexibility index (Phi) is 2.41. The molecule has 0 aliphatic rings. The van der Waals surface area contributed by atoms with Crippen LogP contribution in [0.15, 0.2) is 36.5 Å². The van der Waals surface area contributed by atoms with Crippen LogP contribution in [0.5, 0.6) is 11.6 Å². The fourth-order valence-corrected chi connectivity index (χ4v) is 1.28. The van der Waals surface area contributed by atoms with Crippen molar-refractivity contribution in [3.63, 3.8) is 0 Å². The van der Waals surface area contributed by atoms with Gasteiger partial charge in [-0.15, -0.1) is 0 Å². The van der Waals surface area contributed by atoms with Crippen molar-refractivity contribution in [1.82, 2.24) is 9.78 Å². The van der Waals surface area contributed by atoms with Gasteiger partial charge in [0.2, 0.25) is 5.88 Å². The lowest BCUT2D eigenvalue weighted by Gasteiger charge is -2.06. The molecule has 0 unspecified atom stereocenters. The summed E-state index contributed by atoms with van der Waals surface area (Å²) in [6, 6.07) is 9.11. The Morgan fingerprint density at radius 3 is 2.71 bits per heavy atom. The second kappa shape index (κ2) is 3.72. The van der Waals surface area contributed by atoms with Gasteiger partial charge in [0.1, 0.15) is 5.75 Å². The summed E-state index contributed by atoms with van der Waals surface area (Å²) in [5.41, 5.74) is 0. The van der Waals surface area contributed by atoms with Crippen molar-refractivity contribution in [2.45, 2.75) is 0 Å². The second-order valence-electron chi connectivity index (χ2n) is 2.83. The van der Waals surface area contributed by atoms with Crippen molar-refractivity contribution in [2.24, 2.45) is 7.05 Å². The summed E-state index contributed by atoms with van der Waals surface area (Å²) in [5.74, 6) is 1.30. The zero-order valence-corrected chi connectivity index (χ0v) is 8.40. The highest BCUT2D eigenvalue weighted by Gasteiger charge is 2.04. The first-order valence-electron chi connectivity index (χ1n) is 4.18. The van der Waals surface area contributed by atoms with Gasteiger partial charge in [0, 0.05) is 13.1 Å². The molecule has 0 amide bonds. The van der Waals surface area contributed by atoms with Crippen molar-refractivity contribution >= 4 is 11.6 Å². The van der Waals surface area contributed by atoms with Crippen LogP contribution in [0.1, 0.15) is 0 Å². The van der Waals surface area contributed by atoms with Crippen LogP contribution >= 0.6 is 11.6 Å². The minimum atomic E-state index is 0.591. The second-order valence-corrected chi connectivity index (χ2v) is 3.23. The molecule has 2 aromatic rings. The normalized spacial score (nSPS) is 10.1. The maximum atomic E-state index is 5.94. The van der Waals surface area contributed by atoms with Gasteiger partial charge in [-0.3, -0.25) is 0 Å². The van der Waals surface area contributed by atoms with Crippen LogP contribution in [0.3, 0.4) is 0 Å². The Balaban J connectivity index is 2.28. The predicted octanol–water partition coefficient (Wildman–Crippen LogP) is 2.87. The SMILES string of the molecule is Cn1nccc1Oc1ccccc1Cl. The predicted molar refractivity (Wildman–Crippen MR) is 54.7 cm³/mol. The van der Waals surface area contributed by atoms with Gasteiger partial charge in [0.05, 0.1) is 11.2 Å². The maximum absolute atomic E-state index is 5.94. The van der Waals surface area contributed by atoms with Crippen LogP contribution in [-0.4, -0.2) is 9.78 Å². The largest absolute Gasteiger partial charge is 0.438 e. The van der Waals surface area contributed by atoms with E-state index in [1.165, 1.54) is 0 Å². The standard InChI is InChI=1S/C10H9ClN2O/c1-13-10(6-7-12-13)14-9-5-3-2-4-8(9)11/h2-7H,1H3. The number of rotatable bonds is 2. The molecule has 0 bridgehead atoms. The highest BCUT2D eigenvalue weighted by molar-refractivity contribution is 6.32. The summed E-state index contributed by atoms with van der Waals surface area (Å²) in [7, 11) is 1.81. The fraction of sp³-hybridized carbons (Fsp3) is 0.100. The lowest BCUT2D eigenvalue weighted by Crippen LogP contribution is -1.94. The Labute approximate surface area is 86.9 Å². The Morgan fingerprint density at radius 2 is 2.07 bits per heavy atom. The molecular weight excluding hydrogens is 200 g/mol. The number of hydrogen-bond donors (Lipinski definition) is 0. The van der Waals surface area contributed by atoms with Crippen molar-refractivity contribution in [2.75, 3.05) is 0 Å². The molecule has 72 valence electrons. The number of ether oxygens (including phenoxy) is 1. The lowest BCUT2D eigenvalue weighted by atomic mass is 10.3. The quantitative estimate of drug-likeness (QED) is 0.759. The zero-order valence-electron chi connectivity index (χ0n) is 7.64. The molecular formula is C10H9ClN2O. The third-order valence-corrected chi connectivity index (χ3v) is 2.14. The maximum Gasteiger partial charge on any atom is 0.217 e. The van der Waals surface area contributed by atoms with Gasteiger partial charge in [-0.25, -0.2) is 4.68 Å². The minimum Gasteiger partial charge on any atom is -0.438 e. The molecule has 0 saturated carbocycles. The van der Waals surface area contributed by atoms with Gasteiger partial charge < -0.3 is 4.74 Å². The number of nitrogens with zero attached hydrogens (tertiary/aromatic N) is 2. The zero-order chi connectivity index (χ0) is 9.97. The highest BCUT2D eigenvalue weighted by atomic mass is 35.5. The van der Waals surface area contributed by atoms with Gasteiger partial charge in [0.25, 0.3) is 0 Å². The summed E-state index contributed by atoms with van der Waals surface area (Å²) in [5, 5.41) is 4.58. The molecule has 0 spiro atoms. The number of aryl methyl sites for hydroxylation is 1. The Hall–Kier alpha value is -1.48. The number of benzene rings is 1. The molecule has 0 saturated heterocycles. The van der Waals surface area contributed by atoms with E-state index in [4.69, 9.17) is 16.3 Å². The topological polar surface area (TPSA) is 27.1 Å². The number of hydrogen-bond acceptors (Lipinski definition) is 2. The first-order chi connectivity index (χ1) is 6.77. The monoisotopic (exact) mass is 208 g/mol. The molecule has 0 atom stereocenters. The van der Waals surface area contributed by atoms with E-state index in [1.54, 1.807) is 23.0 Å². The van der Waals surface area contributed by atoms with E-state index >= 15 is 0 Å². The molecule has 0 aliphatic heterocycles. The fourth-order valence-electron chi connectivity index (χ4n) is 1.10. The number of para-hydroxylation sites is 1. The van der Waals surface area contributed by atoms with Crippen molar-refractivity contribution < 1.29 is 4.74 Å². The minimum absolute atomic E-state index is 0.591. The molecule has 1 aromatic carbocycles. The van der Waals surface area contributed by atoms with Crippen molar-refractivity contribution in [1.29, 1.82) is 0 Å². The Bertz CT molecular complexity index is 439. The molecule has 0 aliphatic carbocycles. The van der Waals surface area contributed by atoms with E-state index in [9.17, 15) is 0 Å². The molecule has 3 nitrogen and oxygen atoms in total. The van der Waals surface area contributed by atoms with Crippen LogP contribution in [-0.2, 0) is 7.05 Å². The van der Waals surface area contributed by atoms with E-state index in [0.717, 1.165) is 0 Å². The van der Waals surface area contributed by atoms with Crippen LogP contribution in [0.4, 0.5) is 0 Å². The number of halogens is 1. The molecule has 1 aromatic heterocycles. The molecule has 4 heteroatoms.